The van der Waals surface area contributed by atoms with E-state index in [4.69, 9.17) is 16.3 Å². The van der Waals surface area contributed by atoms with Crippen LogP contribution in [0.4, 0.5) is 0 Å². The number of ether oxygens (including phenoxy) is 1. The Kier molecular flexibility index (Phi) is 3.35. The van der Waals surface area contributed by atoms with Crippen LogP contribution in [0.1, 0.15) is 16.1 Å². The predicted octanol–water partition coefficient (Wildman–Crippen LogP) is 2.37. The number of carbonyl (C=O) groups excluding carboxylic acids is 1. The third kappa shape index (κ3) is 2.60. The quantitative estimate of drug-likeness (QED) is 0.618. The fourth-order valence-corrected chi connectivity index (χ4v) is 1.50. The molecule has 0 aliphatic rings. The van der Waals surface area contributed by atoms with Gasteiger partial charge >= 0.3 is 0 Å². The molecule has 0 radical (unpaired) electrons. The molecule has 4 nitrogen and oxygen atoms in total. The van der Waals surface area contributed by atoms with Gasteiger partial charge in [-0.3, -0.25) is 4.79 Å². The standard InChI is InChI=1S/C12H9ClN2O2/c1-17-9-4-2-8(3-5-9)12(16)10-6-11(13)15-7-14-10/h2-7H,1H3. The first-order valence-corrected chi connectivity index (χ1v) is 5.25. The summed E-state index contributed by atoms with van der Waals surface area (Å²) in [5, 5.41) is 0.247. The molecule has 1 heterocycles. The smallest absolute Gasteiger partial charge is 0.211 e. The molecule has 0 saturated heterocycles. The van der Waals surface area contributed by atoms with Crippen LogP contribution < -0.4 is 4.74 Å². The summed E-state index contributed by atoms with van der Waals surface area (Å²) in [6.07, 6.45) is 1.26. The molecule has 17 heavy (non-hydrogen) atoms. The van der Waals surface area contributed by atoms with Crippen molar-refractivity contribution in [1.29, 1.82) is 0 Å². The second-order valence-corrected chi connectivity index (χ2v) is 3.67. The lowest BCUT2D eigenvalue weighted by molar-refractivity contribution is 0.103. The van der Waals surface area contributed by atoms with Crippen LogP contribution in [-0.4, -0.2) is 22.9 Å². The zero-order valence-electron chi connectivity index (χ0n) is 9.05. The van der Waals surface area contributed by atoms with Gasteiger partial charge in [-0.25, -0.2) is 9.97 Å². The van der Waals surface area contributed by atoms with Crippen LogP contribution in [0, 0.1) is 0 Å². The third-order valence-electron chi connectivity index (χ3n) is 2.22. The van der Waals surface area contributed by atoms with Crippen LogP contribution in [0.2, 0.25) is 5.15 Å². The topological polar surface area (TPSA) is 52.1 Å². The molecule has 0 atom stereocenters. The van der Waals surface area contributed by atoms with E-state index in [0.717, 1.165) is 0 Å². The highest BCUT2D eigenvalue weighted by atomic mass is 35.5. The molecule has 86 valence electrons. The van der Waals surface area contributed by atoms with Gasteiger partial charge in [-0.2, -0.15) is 0 Å². The minimum atomic E-state index is -0.197. The second-order valence-electron chi connectivity index (χ2n) is 3.28. The van der Waals surface area contributed by atoms with Gasteiger partial charge in [0.15, 0.2) is 0 Å². The number of halogens is 1. The molecule has 2 aromatic rings. The van der Waals surface area contributed by atoms with E-state index < -0.39 is 0 Å². The monoisotopic (exact) mass is 248 g/mol. The third-order valence-corrected chi connectivity index (χ3v) is 2.43. The molecule has 0 spiro atoms. The highest BCUT2D eigenvalue weighted by molar-refractivity contribution is 6.29. The lowest BCUT2D eigenvalue weighted by Crippen LogP contribution is -2.04. The largest absolute Gasteiger partial charge is 0.497 e. The fourth-order valence-electron chi connectivity index (χ4n) is 1.35. The summed E-state index contributed by atoms with van der Waals surface area (Å²) in [7, 11) is 1.57. The average Bonchev–Trinajstić information content (AvgIpc) is 2.38. The summed E-state index contributed by atoms with van der Waals surface area (Å²) < 4.78 is 5.02. The summed E-state index contributed by atoms with van der Waals surface area (Å²) in [4.78, 5) is 19.6. The van der Waals surface area contributed by atoms with Crippen molar-refractivity contribution in [2.75, 3.05) is 7.11 Å². The molecule has 0 saturated carbocycles. The van der Waals surface area contributed by atoms with Crippen LogP contribution in [0.15, 0.2) is 36.7 Å². The lowest BCUT2D eigenvalue weighted by Gasteiger charge is -2.02. The number of hydrogen-bond donors (Lipinski definition) is 0. The maximum atomic E-state index is 12.0. The van der Waals surface area contributed by atoms with E-state index >= 15 is 0 Å². The van der Waals surface area contributed by atoms with Gasteiger partial charge in [0.2, 0.25) is 5.78 Å². The molecule has 0 unspecified atom stereocenters. The maximum Gasteiger partial charge on any atom is 0.211 e. The number of rotatable bonds is 3. The minimum absolute atomic E-state index is 0.197. The van der Waals surface area contributed by atoms with E-state index in [1.807, 2.05) is 0 Å². The number of carbonyl (C=O) groups is 1. The summed E-state index contributed by atoms with van der Waals surface area (Å²) in [6, 6.07) is 8.23. The molecule has 5 heteroatoms. The van der Waals surface area contributed by atoms with E-state index in [1.165, 1.54) is 12.4 Å². The SMILES string of the molecule is COc1ccc(C(=O)c2cc(Cl)ncn2)cc1. The van der Waals surface area contributed by atoms with Crippen molar-refractivity contribution < 1.29 is 9.53 Å². The van der Waals surface area contributed by atoms with Gasteiger partial charge in [-0.05, 0) is 24.3 Å². The Morgan fingerprint density at radius 3 is 2.53 bits per heavy atom. The molecule has 2 rings (SSSR count). The Morgan fingerprint density at radius 2 is 1.94 bits per heavy atom. The molecule has 0 fully saturated rings. The van der Waals surface area contributed by atoms with Gasteiger partial charge in [0.25, 0.3) is 0 Å². The molecule has 0 bridgehead atoms. The number of nitrogens with zero attached hydrogens (tertiary/aromatic N) is 2. The first kappa shape index (κ1) is 11.5. The van der Waals surface area contributed by atoms with Crippen molar-refractivity contribution in [3.8, 4) is 5.75 Å². The van der Waals surface area contributed by atoms with E-state index in [0.29, 0.717) is 11.3 Å². The molecule has 0 amide bonds. The number of benzene rings is 1. The van der Waals surface area contributed by atoms with Gasteiger partial charge in [-0.1, -0.05) is 11.6 Å². The Hall–Kier alpha value is -1.94. The molecular weight excluding hydrogens is 240 g/mol. The number of hydrogen-bond acceptors (Lipinski definition) is 4. The van der Waals surface area contributed by atoms with Crippen LogP contribution in [0.5, 0.6) is 5.75 Å². The van der Waals surface area contributed by atoms with E-state index in [-0.39, 0.29) is 16.6 Å². The lowest BCUT2D eigenvalue weighted by atomic mass is 10.1. The van der Waals surface area contributed by atoms with E-state index in [2.05, 4.69) is 9.97 Å². The maximum absolute atomic E-state index is 12.0. The normalized spacial score (nSPS) is 10.0. The summed E-state index contributed by atoms with van der Waals surface area (Å²) in [5.74, 6) is 0.499. The van der Waals surface area contributed by atoms with Gasteiger partial charge in [0.05, 0.1) is 7.11 Å². The Labute approximate surface area is 103 Å². The van der Waals surface area contributed by atoms with Crippen molar-refractivity contribution in [1.82, 2.24) is 9.97 Å². The van der Waals surface area contributed by atoms with Gasteiger partial charge in [-0.15, -0.1) is 0 Å². The second kappa shape index (κ2) is 4.93. The number of aromatic nitrogens is 2. The molecule has 1 aromatic carbocycles. The Bertz CT molecular complexity index is 540. The van der Waals surface area contributed by atoms with Gasteiger partial charge in [0, 0.05) is 11.6 Å². The van der Waals surface area contributed by atoms with Gasteiger partial charge in [0.1, 0.15) is 22.9 Å². The predicted molar refractivity (Wildman–Crippen MR) is 63.5 cm³/mol. The summed E-state index contributed by atoms with van der Waals surface area (Å²) in [5.41, 5.74) is 0.802. The Morgan fingerprint density at radius 1 is 1.24 bits per heavy atom. The van der Waals surface area contributed by atoms with Crippen molar-refractivity contribution in [3.05, 3.63) is 53.1 Å². The fraction of sp³-hybridized carbons (Fsp3) is 0.0833. The highest BCUT2D eigenvalue weighted by Crippen LogP contribution is 2.15. The summed E-state index contributed by atoms with van der Waals surface area (Å²) in [6.45, 7) is 0. The molecule has 0 aliphatic heterocycles. The van der Waals surface area contributed by atoms with Crippen LogP contribution in [0.25, 0.3) is 0 Å². The van der Waals surface area contributed by atoms with Crippen molar-refractivity contribution >= 4 is 17.4 Å². The first-order chi connectivity index (χ1) is 8.20. The van der Waals surface area contributed by atoms with Crippen LogP contribution >= 0.6 is 11.6 Å². The first-order valence-electron chi connectivity index (χ1n) is 4.87. The van der Waals surface area contributed by atoms with Crippen molar-refractivity contribution in [3.63, 3.8) is 0 Å². The van der Waals surface area contributed by atoms with E-state index in [1.54, 1.807) is 31.4 Å². The number of ketones is 1. The zero-order chi connectivity index (χ0) is 12.3. The molecule has 1 aromatic heterocycles. The summed E-state index contributed by atoms with van der Waals surface area (Å²) >= 11 is 5.70. The average molecular weight is 249 g/mol. The van der Waals surface area contributed by atoms with Gasteiger partial charge < -0.3 is 4.74 Å². The van der Waals surface area contributed by atoms with E-state index in [9.17, 15) is 4.79 Å². The van der Waals surface area contributed by atoms with Crippen LogP contribution in [-0.2, 0) is 0 Å². The Balaban J connectivity index is 2.30. The van der Waals surface area contributed by atoms with Crippen molar-refractivity contribution in [2.24, 2.45) is 0 Å². The minimum Gasteiger partial charge on any atom is -0.497 e. The molecule has 0 aliphatic carbocycles. The zero-order valence-corrected chi connectivity index (χ0v) is 9.81. The molecular formula is C12H9ClN2O2. The van der Waals surface area contributed by atoms with Crippen molar-refractivity contribution in [2.45, 2.75) is 0 Å². The molecule has 0 N–H and O–H groups in total. The number of methoxy groups -OCH3 is 1. The highest BCUT2D eigenvalue weighted by Gasteiger charge is 2.11. The van der Waals surface area contributed by atoms with Crippen LogP contribution in [0.3, 0.4) is 0 Å².